The van der Waals surface area contributed by atoms with Gasteiger partial charge in [0.2, 0.25) is 5.76 Å². The van der Waals surface area contributed by atoms with Gasteiger partial charge in [0.1, 0.15) is 0 Å². The lowest BCUT2D eigenvalue weighted by Gasteiger charge is -2.04. The third-order valence-corrected chi connectivity index (χ3v) is 2.96. The van der Waals surface area contributed by atoms with Gasteiger partial charge in [-0.05, 0) is 23.6 Å². The molecule has 0 aliphatic heterocycles. The smallest absolute Gasteiger partial charge is 0.372 e. The van der Waals surface area contributed by atoms with Crippen LogP contribution in [0.25, 0.3) is 10.9 Å². The molecule has 1 aromatic carbocycles. The summed E-state index contributed by atoms with van der Waals surface area (Å²) in [6.07, 6.45) is 3.35. The van der Waals surface area contributed by atoms with E-state index in [4.69, 9.17) is 9.52 Å². The van der Waals surface area contributed by atoms with Crippen molar-refractivity contribution in [1.29, 1.82) is 0 Å². The highest BCUT2D eigenvalue weighted by Gasteiger charge is 2.14. The summed E-state index contributed by atoms with van der Waals surface area (Å²) in [5, 5.41) is 10.1. The quantitative estimate of drug-likeness (QED) is 0.766. The van der Waals surface area contributed by atoms with E-state index in [1.807, 2.05) is 41.1 Å². The molecule has 2 heterocycles. The molecule has 4 heteroatoms. The molecule has 0 bridgehead atoms. The largest absolute Gasteiger partial charge is 0.475 e. The molecule has 0 amide bonds. The Morgan fingerprint density at radius 1 is 1.22 bits per heavy atom. The molecule has 3 rings (SSSR count). The van der Waals surface area contributed by atoms with Gasteiger partial charge in [-0.15, -0.1) is 0 Å². The van der Waals surface area contributed by atoms with E-state index in [0.717, 1.165) is 10.9 Å². The molecular weight excluding hydrogens is 230 g/mol. The molecule has 3 aromatic rings. The Bertz CT molecular complexity index is 708. The number of benzene rings is 1. The van der Waals surface area contributed by atoms with Crippen LogP contribution in [0.15, 0.2) is 53.3 Å². The van der Waals surface area contributed by atoms with E-state index in [1.54, 1.807) is 6.07 Å². The van der Waals surface area contributed by atoms with Crippen LogP contribution in [-0.4, -0.2) is 15.6 Å². The van der Waals surface area contributed by atoms with Gasteiger partial charge in [0.05, 0.1) is 12.8 Å². The normalized spacial score (nSPS) is 10.9. The van der Waals surface area contributed by atoms with Crippen molar-refractivity contribution in [3.05, 3.63) is 60.2 Å². The number of nitrogens with zero attached hydrogens (tertiary/aromatic N) is 1. The number of carboxylic acids is 1. The number of hydrogen-bond donors (Lipinski definition) is 1. The molecular formula is C14H11NO3. The number of para-hydroxylation sites is 1. The zero-order chi connectivity index (χ0) is 12.5. The molecule has 18 heavy (non-hydrogen) atoms. The predicted molar refractivity (Wildman–Crippen MR) is 66.7 cm³/mol. The van der Waals surface area contributed by atoms with Crippen LogP contribution < -0.4 is 0 Å². The fourth-order valence-electron chi connectivity index (χ4n) is 2.11. The Morgan fingerprint density at radius 3 is 2.89 bits per heavy atom. The zero-order valence-electron chi connectivity index (χ0n) is 9.54. The van der Waals surface area contributed by atoms with Gasteiger partial charge in [0.15, 0.2) is 0 Å². The van der Waals surface area contributed by atoms with Gasteiger partial charge in [-0.1, -0.05) is 18.2 Å². The summed E-state index contributed by atoms with van der Waals surface area (Å²) in [6.45, 7) is 0.492. The van der Waals surface area contributed by atoms with E-state index in [1.165, 1.54) is 6.26 Å². The molecule has 2 aromatic heterocycles. The van der Waals surface area contributed by atoms with E-state index in [0.29, 0.717) is 12.1 Å². The standard InChI is InChI=1S/C14H11NO3/c16-14(17)13-11(6-8-18-13)9-15-7-5-10-3-1-2-4-12(10)15/h1-8H,9H2,(H,16,17). The maximum Gasteiger partial charge on any atom is 0.372 e. The monoisotopic (exact) mass is 241 g/mol. The third kappa shape index (κ3) is 1.68. The van der Waals surface area contributed by atoms with E-state index in [2.05, 4.69) is 0 Å². The summed E-state index contributed by atoms with van der Waals surface area (Å²) in [7, 11) is 0. The summed E-state index contributed by atoms with van der Waals surface area (Å²) in [5.41, 5.74) is 1.75. The first kappa shape index (κ1) is 10.7. The molecule has 0 saturated carbocycles. The SMILES string of the molecule is O=C(O)c1occc1Cn1ccc2ccccc21. The van der Waals surface area contributed by atoms with Gasteiger partial charge in [-0.3, -0.25) is 0 Å². The van der Waals surface area contributed by atoms with Crippen molar-refractivity contribution in [2.24, 2.45) is 0 Å². The zero-order valence-corrected chi connectivity index (χ0v) is 9.54. The van der Waals surface area contributed by atoms with Gasteiger partial charge in [0.25, 0.3) is 0 Å². The second-order valence-electron chi connectivity index (χ2n) is 4.08. The van der Waals surface area contributed by atoms with Crippen LogP contribution in [0.5, 0.6) is 0 Å². The van der Waals surface area contributed by atoms with Crippen molar-refractivity contribution in [2.45, 2.75) is 6.54 Å². The Labute approximate surface area is 103 Å². The molecule has 0 unspecified atom stereocenters. The number of rotatable bonds is 3. The minimum absolute atomic E-state index is 0.00720. The first-order valence-electron chi connectivity index (χ1n) is 5.59. The third-order valence-electron chi connectivity index (χ3n) is 2.96. The van der Waals surface area contributed by atoms with Gasteiger partial charge in [0, 0.05) is 17.3 Å². The van der Waals surface area contributed by atoms with Gasteiger partial charge in [-0.25, -0.2) is 4.79 Å². The molecule has 0 saturated heterocycles. The molecule has 0 aliphatic carbocycles. The fraction of sp³-hybridized carbons (Fsp3) is 0.0714. The topological polar surface area (TPSA) is 55.4 Å². The Kier molecular flexibility index (Phi) is 2.41. The molecule has 0 fully saturated rings. The highest BCUT2D eigenvalue weighted by molar-refractivity contribution is 5.86. The maximum absolute atomic E-state index is 11.0. The van der Waals surface area contributed by atoms with Gasteiger partial charge in [-0.2, -0.15) is 0 Å². The molecule has 0 spiro atoms. The lowest BCUT2D eigenvalue weighted by molar-refractivity contribution is 0.0660. The minimum atomic E-state index is -1.04. The summed E-state index contributed by atoms with van der Waals surface area (Å²) in [6, 6.07) is 11.7. The first-order valence-corrected chi connectivity index (χ1v) is 5.59. The van der Waals surface area contributed by atoms with Crippen LogP contribution >= 0.6 is 0 Å². The second-order valence-corrected chi connectivity index (χ2v) is 4.08. The lowest BCUT2D eigenvalue weighted by Crippen LogP contribution is -2.03. The van der Waals surface area contributed by atoms with Crippen LogP contribution in [0.4, 0.5) is 0 Å². The Balaban J connectivity index is 2.02. The lowest BCUT2D eigenvalue weighted by atomic mass is 10.2. The number of aromatic nitrogens is 1. The molecule has 0 radical (unpaired) electrons. The van der Waals surface area contributed by atoms with E-state index >= 15 is 0 Å². The number of fused-ring (bicyclic) bond motifs is 1. The highest BCUT2D eigenvalue weighted by atomic mass is 16.4. The average Bonchev–Trinajstić information content (AvgIpc) is 2.97. The number of carbonyl (C=O) groups is 1. The molecule has 4 nitrogen and oxygen atoms in total. The van der Waals surface area contributed by atoms with Crippen LogP contribution in [0, 0.1) is 0 Å². The average molecular weight is 241 g/mol. The summed E-state index contributed by atoms with van der Waals surface area (Å²) in [5.74, 6) is -1.03. The van der Waals surface area contributed by atoms with E-state index in [9.17, 15) is 4.79 Å². The first-order chi connectivity index (χ1) is 8.75. The predicted octanol–water partition coefficient (Wildman–Crippen LogP) is 2.98. The van der Waals surface area contributed by atoms with Gasteiger partial charge < -0.3 is 14.1 Å². The van der Waals surface area contributed by atoms with Crippen LogP contribution in [0.1, 0.15) is 16.1 Å². The number of carboxylic acid groups (broad SMARTS) is 1. The number of aromatic carboxylic acids is 1. The Morgan fingerprint density at radius 2 is 2.06 bits per heavy atom. The van der Waals surface area contributed by atoms with Crippen molar-refractivity contribution >= 4 is 16.9 Å². The van der Waals surface area contributed by atoms with E-state index in [-0.39, 0.29) is 5.76 Å². The van der Waals surface area contributed by atoms with Crippen LogP contribution in [-0.2, 0) is 6.54 Å². The minimum Gasteiger partial charge on any atom is -0.475 e. The summed E-state index contributed by atoms with van der Waals surface area (Å²) >= 11 is 0. The Hall–Kier alpha value is -2.49. The fourth-order valence-corrected chi connectivity index (χ4v) is 2.11. The summed E-state index contributed by atoms with van der Waals surface area (Å²) < 4.78 is 6.98. The van der Waals surface area contributed by atoms with E-state index < -0.39 is 5.97 Å². The maximum atomic E-state index is 11.0. The highest BCUT2D eigenvalue weighted by Crippen LogP contribution is 2.19. The van der Waals surface area contributed by atoms with Gasteiger partial charge >= 0.3 is 5.97 Å². The van der Waals surface area contributed by atoms with Crippen LogP contribution in [0.3, 0.4) is 0 Å². The van der Waals surface area contributed by atoms with Crippen molar-refractivity contribution in [3.63, 3.8) is 0 Å². The number of furan rings is 1. The second kappa shape index (κ2) is 4.07. The van der Waals surface area contributed by atoms with Crippen LogP contribution in [0.2, 0.25) is 0 Å². The van der Waals surface area contributed by atoms with Crippen molar-refractivity contribution in [3.8, 4) is 0 Å². The summed E-state index contributed by atoms with van der Waals surface area (Å²) in [4.78, 5) is 11.0. The van der Waals surface area contributed by atoms with Crippen molar-refractivity contribution in [2.75, 3.05) is 0 Å². The molecule has 0 atom stereocenters. The van der Waals surface area contributed by atoms with Crippen molar-refractivity contribution < 1.29 is 14.3 Å². The molecule has 1 N–H and O–H groups in total. The number of hydrogen-bond acceptors (Lipinski definition) is 2. The molecule has 0 aliphatic rings. The van der Waals surface area contributed by atoms with Crippen molar-refractivity contribution in [1.82, 2.24) is 4.57 Å². The molecule has 90 valence electrons.